The van der Waals surface area contributed by atoms with E-state index in [1.165, 1.54) is 14.9 Å². The van der Waals surface area contributed by atoms with E-state index in [-0.39, 0.29) is 50.3 Å². The van der Waals surface area contributed by atoms with E-state index in [9.17, 15) is 24.4 Å². The summed E-state index contributed by atoms with van der Waals surface area (Å²) in [6.07, 6.45) is -0.00369. The number of nitrogens with zero attached hydrogens (tertiary/aromatic N) is 3. The lowest BCUT2D eigenvalue weighted by Crippen LogP contribution is -2.57. The van der Waals surface area contributed by atoms with Gasteiger partial charge < -0.3 is 29.7 Å². The van der Waals surface area contributed by atoms with Crippen molar-refractivity contribution in [2.75, 3.05) is 32.8 Å². The fourth-order valence-corrected chi connectivity index (χ4v) is 4.48. The van der Waals surface area contributed by atoms with E-state index in [4.69, 9.17) is 19.9 Å². The maximum Gasteiger partial charge on any atom is 0.410 e. The first-order chi connectivity index (χ1) is 18.9. The number of fused-ring (bicyclic) bond motifs is 1. The van der Waals surface area contributed by atoms with Crippen LogP contribution in [0.5, 0.6) is 5.75 Å². The number of rotatable bonds is 7. The van der Waals surface area contributed by atoms with Crippen LogP contribution in [0, 0.1) is 0 Å². The normalized spacial score (nSPS) is 17.4. The molecule has 2 heterocycles. The van der Waals surface area contributed by atoms with E-state index in [2.05, 4.69) is 20.9 Å². The van der Waals surface area contributed by atoms with Crippen molar-refractivity contribution < 1.29 is 43.6 Å². The first-order valence-corrected chi connectivity index (χ1v) is 14.0. The molecule has 230 valence electrons. The molecule has 1 saturated heterocycles. The van der Waals surface area contributed by atoms with Crippen molar-refractivity contribution in [2.24, 2.45) is 5.73 Å². The van der Waals surface area contributed by atoms with Gasteiger partial charge in [0.05, 0.1) is 17.1 Å². The number of piperazine rings is 1. The van der Waals surface area contributed by atoms with Gasteiger partial charge in [0.25, 0.3) is 5.91 Å². The second-order valence-electron chi connectivity index (χ2n) is 11.6. The quantitative estimate of drug-likeness (QED) is 0.256. The van der Waals surface area contributed by atoms with E-state index >= 15 is 0 Å². The topological polar surface area (TPSA) is 161 Å². The first-order valence-electron chi connectivity index (χ1n) is 13.2. The van der Waals surface area contributed by atoms with Crippen molar-refractivity contribution in [3.05, 3.63) is 27.7 Å². The Labute approximate surface area is 248 Å². The second-order valence-corrected chi connectivity index (χ2v) is 12.5. The van der Waals surface area contributed by atoms with Crippen molar-refractivity contribution in [1.29, 1.82) is 0 Å². The molecule has 3 rings (SSSR count). The fourth-order valence-electron chi connectivity index (χ4n) is 3.97. The van der Waals surface area contributed by atoms with Crippen LogP contribution in [0.3, 0.4) is 0 Å². The minimum absolute atomic E-state index is 0.0659. The zero-order chi connectivity index (χ0) is 31.1. The van der Waals surface area contributed by atoms with Crippen LogP contribution >= 0.6 is 15.9 Å². The summed E-state index contributed by atoms with van der Waals surface area (Å²) in [6.45, 7) is 13.7. The highest BCUT2D eigenvalue weighted by Gasteiger charge is 2.34. The number of nitrogens with two attached hydrogens (primary N) is 1. The maximum absolute atomic E-state index is 12.6. The van der Waals surface area contributed by atoms with Crippen LogP contribution in [0.25, 0.3) is 0 Å². The zero-order valence-electron chi connectivity index (χ0n) is 24.7. The monoisotopic (exact) mass is 644 g/mol. The van der Waals surface area contributed by atoms with Gasteiger partial charge in [-0.2, -0.15) is 0 Å². The summed E-state index contributed by atoms with van der Waals surface area (Å²) in [5.74, 6) is -0.615. The summed E-state index contributed by atoms with van der Waals surface area (Å²) >= 11 is 3.44. The maximum atomic E-state index is 12.6. The number of primary amides is 1. The molecule has 41 heavy (non-hydrogen) atoms. The smallest absolute Gasteiger partial charge is 0.410 e. The van der Waals surface area contributed by atoms with E-state index in [1.54, 1.807) is 39.8 Å². The molecule has 3 N–H and O–H groups in total. The highest BCUT2D eigenvalue weighted by molar-refractivity contribution is 9.10. The molecule has 0 bridgehead atoms. The van der Waals surface area contributed by atoms with Crippen LogP contribution in [0.1, 0.15) is 70.8 Å². The standard InChI is InChI=1S/C20H27BrN4O7.C7H14O2/c1-20(2,3)31-19(28)23-4-5-25(32-29)13(9-23)11-30-16-7-14-12(6-15(16)21)8-24(18(14)27)10-17(22)26;1-5-6(8)9-7(2,3)4/h6-7,13,29H,4-5,8-11H2,1-3H3,(H2,22,26);5H2,1-4H3. The van der Waals surface area contributed by atoms with Crippen molar-refractivity contribution >= 4 is 39.8 Å². The van der Waals surface area contributed by atoms with Gasteiger partial charge in [-0.3, -0.25) is 14.4 Å². The molecule has 0 radical (unpaired) electrons. The number of hydrogen-bond acceptors (Lipinski definition) is 10. The van der Waals surface area contributed by atoms with Gasteiger partial charge in [-0.25, -0.2) is 10.1 Å². The number of benzene rings is 1. The second kappa shape index (κ2) is 14.3. The molecule has 2 aliphatic rings. The summed E-state index contributed by atoms with van der Waals surface area (Å²) in [5, 5.41) is 10.5. The molecule has 1 aromatic carbocycles. The van der Waals surface area contributed by atoms with Gasteiger partial charge in [0, 0.05) is 38.2 Å². The minimum Gasteiger partial charge on any atom is -0.491 e. The molecule has 1 unspecified atom stereocenters. The van der Waals surface area contributed by atoms with Crippen molar-refractivity contribution in [2.45, 2.75) is 78.7 Å². The number of ether oxygens (including phenoxy) is 3. The summed E-state index contributed by atoms with van der Waals surface area (Å²) in [5.41, 5.74) is 5.44. The summed E-state index contributed by atoms with van der Waals surface area (Å²) < 4.78 is 16.9. The van der Waals surface area contributed by atoms with Gasteiger partial charge in [-0.15, -0.1) is 10.1 Å². The number of esters is 1. The number of hydrogen-bond donors (Lipinski definition) is 2. The Kier molecular flexibility index (Phi) is 11.9. The van der Waals surface area contributed by atoms with E-state index in [0.717, 1.165) is 5.56 Å². The molecule has 1 fully saturated rings. The largest absolute Gasteiger partial charge is 0.491 e. The lowest BCUT2D eigenvalue weighted by molar-refractivity contribution is -0.414. The predicted octanol–water partition coefficient (Wildman–Crippen LogP) is 3.33. The molecule has 0 spiro atoms. The van der Waals surface area contributed by atoms with Crippen molar-refractivity contribution in [3.63, 3.8) is 0 Å². The molecule has 0 aliphatic carbocycles. The van der Waals surface area contributed by atoms with Crippen LogP contribution in [0.4, 0.5) is 4.79 Å². The number of halogens is 1. The Bertz CT molecular complexity index is 1120. The number of carbonyl (C=O) groups is 4. The molecule has 0 saturated carbocycles. The van der Waals surface area contributed by atoms with E-state index in [1.807, 2.05) is 20.8 Å². The molecule has 2 aliphatic heterocycles. The third-order valence-electron chi connectivity index (χ3n) is 5.71. The molecule has 13 nitrogen and oxygen atoms in total. The van der Waals surface area contributed by atoms with Gasteiger partial charge in [0.2, 0.25) is 5.91 Å². The third-order valence-corrected chi connectivity index (χ3v) is 6.33. The zero-order valence-corrected chi connectivity index (χ0v) is 26.3. The average Bonchev–Trinajstić information content (AvgIpc) is 3.13. The molecular weight excluding hydrogens is 604 g/mol. The Morgan fingerprint density at radius 1 is 1.07 bits per heavy atom. The van der Waals surface area contributed by atoms with Crippen LogP contribution < -0.4 is 10.5 Å². The minimum atomic E-state index is -0.627. The number of hydroxylamine groups is 2. The molecule has 1 atom stereocenters. The van der Waals surface area contributed by atoms with E-state index in [0.29, 0.717) is 28.8 Å². The molecule has 3 amide bonds. The highest BCUT2D eigenvalue weighted by Crippen LogP contribution is 2.34. The molecular formula is C27H41BrN4O9. The summed E-state index contributed by atoms with van der Waals surface area (Å²) in [6, 6.07) is 2.88. The van der Waals surface area contributed by atoms with Gasteiger partial charge >= 0.3 is 12.1 Å². The molecule has 0 aromatic heterocycles. The first kappa shape index (κ1) is 34.3. The Balaban J connectivity index is 0.000000564. The van der Waals surface area contributed by atoms with Crippen LogP contribution in [-0.4, -0.2) is 94.0 Å². The lowest BCUT2D eigenvalue weighted by Gasteiger charge is -2.38. The number of amides is 3. The van der Waals surface area contributed by atoms with E-state index < -0.39 is 23.6 Å². The SMILES string of the molecule is CC(C)(C)OC(=O)N1CCN(OO)C(COc2cc3c(cc2Br)CN(CC(N)=O)C3=O)C1.CCC(=O)OC(C)(C)C. The molecule has 1 aromatic rings. The van der Waals surface area contributed by atoms with Crippen LogP contribution in [-0.2, 0) is 30.6 Å². The predicted molar refractivity (Wildman–Crippen MR) is 152 cm³/mol. The van der Waals surface area contributed by atoms with Gasteiger partial charge in [0.1, 0.15) is 23.6 Å². The molecule has 14 heteroatoms. The average molecular weight is 646 g/mol. The van der Waals surface area contributed by atoms with Crippen LogP contribution in [0.15, 0.2) is 16.6 Å². The lowest BCUT2D eigenvalue weighted by atomic mass is 10.1. The summed E-state index contributed by atoms with van der Waals surface area (Å²) in [4.78, 5) is 54.1. The Morgan fingerprint density at radius 3 is 2.22 bits per heavy atom. The van der Waals surface area contributed by atoms with Crippen molar-refractivity contribution in [3.8, 4) is 5.75 Å². The van der Waals surface area contributed by atoms with Crippen LogP contribution in [0.2, 0.25) is 0 Å². The van der Waals surface area contributed by atoms with Gasteiger partial charge in [-0.05, 0) is 75.2 Å². The third kappa shape index (κ3) is 10.8. The number of carbonyl (C=O) groups excluding carboxylic acids is 4. The van der Waals surface area contributed by atoms with Gasteiger partial charge in [0.15, 0.2) is 0 Å². The van der Waals surface area contributed by atoms with Crippen molar-refractivity contribution in [1.82, 2.24) is 14.9 Å². The Hall–Kier alpha value is -2.94. The summed E-state index contributed by atoms with van der Waals surface area (Å²) in [7, 11) is 0. The Morgan fingerprint density at radius 2 is 1.71 bits per heavy atom. The van der Waals surface area contributed by atoms with Gasteiger partial charge in [-0.1, -0.05) is 6.92 Å². The highest BCUT2D eigenvalue weighted by atomic mass is 79.9. The fraction of sp³-hybridized carbons (Fsp3) is 0.630.